The number of hydrogen-bond acceptors (Lipinski definition) is 3. The summed E-state index contributed by atoms with van der Waals surface area (Å²) in [6.45, 7) is 3.23. The molecule has 110 valence electrons. The fraction of sp³-hybridized carbons (Fsp3) is 0.438. The van der Waals surface area contributed by atoms with E-state index in [1.165, 1.54) is 6.07 Å². The lowest BCUT2D eigenvalue weighted by molar-refractivity contribution is -0.133. The molecule has 21 heavy (non-hydrogen) atoms. The fourth-order valence-electron chi connectivity index (χ4n) is 2.46. The van der Waals surface area contributed by atoms with Gasteiger partial charge in [0.2, 0.25) is 5.91 Å². The molecule has 1 atom stereocenters. The minimum absolute atomic E-state index is 0.0421. The van der Waals surface area contributed by atoms with Gasteiger partial charge in [0.15, 0.2) is 0 Å². The second-order valence-electron chi connectivity index (χ2n) is 5.27. The molecule has 1 aromatic rings. The third-order valence-electron chi connectivity index (χ3n) is 3.64. The van der Waals surface area contributed by atoms with Gasteiger partial charge in [-0.05, 0) is 44.4 Å². The molecule has 0 bridgehead atoms. The first-order chi connectivity index (χ1) is 10.1. The Morgan fingerprint density at radius 3 is 2.67 bits per heavy atom. The third kappa shape index (κ3) is 3.82. The molecule has 1 aromatic carbocycles. The van der Waals surface area contributed by atoms with E-state index in [1.54, 1.807) is 30.0 Å². The zero-order valence-electron chi connectivity index (χ0n) is 12.1. The number of amides is 2. The van der Waals surface area contributed by atoms with E-state index in [-0.39, 0.29) is 11.8 Å². The van der Waals surface area contributed by atoms with Crippen molar-refractivity contribution in [3.8, 4) is 6.07 Å². The molecule has 0 unspecified atom stereocenters. The van der Waals surface area contributed by atoms with Gasteiger partial charge in [0, 0.05) is 18.7 Å². The van der Waals surface area contributed by atoms with Crippen LogP contribution in [0.5, 0.6) is 0 Å². The lowest BCUT2D eigenvalue weighted by Gasteiger charge is -2.29. The van der Waals surface area contributed by atoms with Crippen molar-refractivity contribution in [2.24, 2.45) is 0 Å². The molecule has 0 spiro atoms. The first-order valence-electron chi connectivity index (χ1n) is 7.21. The van der Waals surface area contributed by atoms with Crippen LogP contribution in [0, 0.1) is 11.3 Å². The molecule has 1 aliphatic rings. The minimum Gasteiger partial charge on any atom is -0.341 e. The van der Waals surface area contributed by atoms with Crippen LogP contribution in [-0.2, 0) is 4.79 Å². The summed E-state index contributed by atoms with van der Waals surface area (Å²) in [6.07, 6.45) is 3.21. The summed E-state index contributed by atoms with van der Waals surface area (Å²) in [5, 5.41) is 11.5. The molecular weight excluding hydrogens is 266 g/mol. The Hall–Kier alpha value is -2.35. The van der Waals surface area contributed by atoms with E-state index < -0.39 is 6.04 Å². The van der Waals surface area contributed by atoms with E-state index in [9.17, 15) is 9.59 Å². The normalized spacial score (nSPS) is 15.9. The van der Waals surface area contributed by atoms with E-state index in [2.05, 4.69) is 5.32 Å². The average molecular weight is 285 g/mol. The number of nitrogens with zero attached hydrogens (tertiary/aromatic N) is 2. The Labute approximate surface area is 124 Å². The van der Waals surface area contributed by atoms with Crippen LogP contribution >= 0.6 is 0 Å². The Kier molecular flexibility index (Phi) is 4.94. The molecule has 0 aromatic heterocycles. The smallest absolute Gasteiger partial charge is 0.251 e. The van der Waals surface area contributed by atoms with Gasteiger partial charge in [0.05, 0.1) is 11.6 Å². The molecule has 0 aliphatic carbocycles. The van der Waals surface area contributed by atoms with Gasteiger partial charge in [-0.1, -0.05) is 6.07 Å². The standard InChI is InChI=1S/C16H19N3O2/c1-12(16(21)19-8-3-2-4-9-19)18-15(20)14-7-5-6-13(10-14)11-17/h5-7,10,12H,2-4,8-9H2,1H3,(H,18,20)/t12-/m0/s1. The van der Waals surface area contributed by atoms with E-state index in [4.69, 9.17) is 5.26 Å². The van der Waals surface area contributed by atoms with Crippen LogP contribution in [0.2, 0.25) is 0 Å². The van der Waals surface area contributed by atoms with Crippen molar-refractivity contribution in [1.82, 2.24) is 10.2 Å². The third-order valence-corrected chi connectivity index (χ3v) is 3.64. The van der Waals surface area contributed by atoms with Gasteiger partial charge in [0.25, 0.3) is 5.91 Å². The van der Waals surface area contributed by atoms with Crippen LogP contribution in [0.25, 0.3) is 0 Å². The van der Waals surface area contributed by atoms with Crippen LogP contribution in [0.15, 0.2) is 24.3 Å². The fourth-order valence-corrected chi connectivity index (χ4v) is 2.46. The molecule has 2 rings (SSSR count). The molecule has 1 fully saturated rings. The summed E-state index contributed by atoms with van der Waals surface area (Å²) in [7, 11) is 0. The predicted octanol–water partition coefficient (Wildman–Crippen LogP) is 1.69. The van der Waals surface area contributed by atoms with E-state index >= 15 is 0 Å². The second kappa shape index (κ2) is 6.89. The Morgan fingerprint density at radius 2 is 2.00 bits per heavy atom. The summed E-state index contributed by atoms with van der Waals surface area (Å²) in [4.78, 5) is 26.2. The summed E-state index contributed by atoms with van der Waals surface area (Å²) in [5.74, 6) is -0.371. The molecule has 1 N–H and O–H groups in total. The Bertz CT molecular complexity index is 571. The molecule has 1 aliphatic heterocycles. The highest BCUT2D eigenvalue weighted by Gasteiger charge is 2.23. The van der Waals surface area contributed by atoms with Crippen molar-refractivity contribution in [3.63, 3.8) is 0 Å². The molecule has 1 heterocycles. The SMILES string of the molecule is C[C@H](NC(=O)c1cccc(C#N)c1)C(=O)N1CCCCC1. The van der Waals surface area contributed by atoms with Crippen molar-refractivity contribution in [1.29, 1.82) is 5.26 Å². The Balaban J connectivity index is 1.98. The zero-order valence-corrected chi connectivity index (χ0v) is 12.1. The number of likely N-dealkylation sites (tertiary alicyclic amines) is 1. The number of carbonyl (C=O) groups is 2. The average Bonchev–Trinajstić information content (AvgIpc) is 2.54. The minimum atomic E-state index is -0.554. The number of nitrogens with one attached hydrogen (secondary N) is 1. The van der Waals surface area contributed by atoms with Gasteiger partial charge >= 0.3 is 0 Å². The van der Waals surface area contributed by atoms with Crippen molar-refractivity contribution in [3.05, 3.63) is 35.4 Å². The predicted molar refractivity (Wildman–Crippen MR) is 78.5 cm³/mol. The highest BCUT2D eigenvalue weighted by molar-refractivity contribution is 5.97. The maximum atomic E-state index is 12.2. The number of hydrogen-bond donors (Lipinski definition) is 1. The van der Waals surface area contributed by atoms with Crippen LogP contribution in [0.1, 0.15) is 42.1 Å². The molecule has 5 nitrogen and oxygen atoms in total. The lowest BCUT2D eigenvalue weighted by atomic mass is 10.1. The summed E-state index contributed by atoms with van der Waals surface area (Å²) in [6, 6.07) is 7.89. The number of nitriles is 1. The van der Waals surface area contributed by atoms with E-state index in [0.717, 1.165) is 32.4 Å². The first-order valence-corrected chi connectivity index (χ1v) is 7.21. The molecule has 5 heteroatoms. The summed E-state index contributed by atoms with van der Waals surface area (Å²) >= 11 is 0. The van der Waals surface area contributed by atoms with Crippen molar-refractivity contribution >= 4 is 11.8 Å². The van der Waals surface area contributed by atoms with Gasteiger partial charge in [-0.15, -0.1) is 0 Å². The first kappa shape index (κ1) is 15.0. The molecule has 2 amide bonds. The van der Waals surface area contributed by atoms with Crippen molar-refractivity contribution in [2.75, 3.05) is 13.1 Å². The van der Waals surface area contributed by atoms with Crippen LogP contribution < -0.4 is 5.32 Å². The monoisotopic (exact) mass is 285 g/mol. The maximum Gasteiger partial charge on any atom is 0.251 e. The van der Waals surface area contributed by atoms with Crippen LogP contribution in [-0.4, -0.2) is 35.8 Å². The quantitative estimate of drug-likeness (QED) is 0.918. The number of rotatable bonds is 3. The molecule has 0 radical (unpaired) electrons. The topological polar surface area (TPSA) is 73.2 Å². The van der Waals surface area contributed by atoms with Gasteiger partial charge in [-0.25, -0.2) is 0 Å². The van der Waals surface area contributed by atoms with E-state index in [0.29, 0.717) is 11.1 Å². The zero-order chi connectivity index (χ0) is 15.2. The summed E-state index contributed by atoms with van der Waals surface area (Å²) in [5.41, 5.74) is 0.824. The molecule has 0 saturated carbocycles. The number of benzene rings is 1. The lowest BCUT2D eigenvalue weighted by Crippen LogP contribution is -2.48. The molecule has 1 saturated heterocycles. The van der Waals surface area contributed by atoms with Crippen LogP contribution in [0.3, 0.4) is 0 Å². The Morgan fingerprint density at radius 1 is 1.29 bits per heavy atom. The van der Waals surface area contributed by atoms with Crippen LogP contribution in [0.4, 0.5) is 0 Å². The van der Waals surface area contributed by atoms with Gasteiger partial charge in [-0.2, -0.15) is 5.26 Å². The largest absolute Gasteiger partial charge is 0.341 e. The number of piperidine rings is 1. The highest BCUT2D eigenvalue weighted by Crippen LogP contribution is 2.10. The highest BCUT2D eigenvalue weighted by atomic mass is 16.2. The van der Waals surface area contributed by atoms with E-state index in [1.807, 2.05) is 6.07 Å². The number of carbonyl (C=O) groups excluding carboxylic acids is 2. The summed E-state index contributed by atoms with van der Waals surface area (Å²) < 4.78 is 0. The molecular formula is C16H19N3O2. The maximum absolute atomic E-state index is 12.2. The van der Waals surface area contributed by atoms with Crippen molar-refractivity contribution < 1.29 is 9.59 Å². The van der Waals surface area contributed by atoms with Gasteiger partial charge < -0.3 is 10.2 Å². The second-order valence-corrected chi connectivity index (χ2v) is 5.27. The van der Waals surface area contributed by atoms with Crippen molar-refractivity contribution in [2.45, 2.75) is 32.2 Å². The van der Waals surface area contributed by atoms with Gasteiger partial charge in [-0.3, -0.25) is 9.59 Å². The van der Waals surface area contributed by atoms with Gasteiger partial charge in [0.1, 0.15) is 6.04 Å².